The van der Waals surface area contributed by atoms with Crippen molar-refractivity contribution in [3.63, 3.8) is 0 Å². The first-order valence-electron chi connectivity index (χ1n) is 7.61. The van der Waals surface area contributed by atoms with Crippen molar-refractivity contribution < 1.29 is 9.53 Å². The summed E-state index contributed by atoms with van der Waals surface area (Å²) in [4.78, 5) is 11.5. The Hall–Kier alpha value is -1.72. The van der Waals surface area contributed by atoms with Crippen LogP contribution in [0.2, 0.25) is 0 Å². The lowest BCUT2D eigenvalue weighted by molar-refractivity contribution is 0.101. The molecular formula is C15H26N4O2. The number of aromatic nitrogens is 2. The number of alkyl carbamates (subject to hydrolysis) is 1. The summed E-state index contributed by atoms with van der Waals surface area (Å²) in [6.07, 6.45) is 2.32. The van der Waals surface area contributed by atoms with Crippen LogP contribution >= 0.6 is 0 Å². The fourth-order valence-electron chi connectivity index (χ4n) is 2.80. The Balaban J connectivity index is 2.00. The summed E-state index contributed by atoms with van der Waals surface area (Å²) in [7, 11) is 0. The molecule has 1 aromatic rings. The SMILES string of the molecule is CCNC(=O)O[C@@H]1CC[C@H](c2cc(N)n(C(C)(C)C)n2)C1. The third-order valence-electron chi connectivity index (χ3n) is 3.79. The van der Waals surface area contributed by atoms with Crippen molar-refractivity contribution in [3.05, 3.63) is 11.8 Å². The highest BCUT2D eigenvalue weighted by atomic mass is 16.6. The first kappa shape index (κ1) is 15.7. The molecule has 1 saturated carbocycles. The highest BCUT2D eigenvalue weighted by Crippen LogP contribution is 2.36. The molecule has 2 rings (SSSR count). The molecule has 1 aliphatic carbocycles. The molecule has 6 nitrogen and oxygen atoms in total. The van der Waals surface area contributed by atoms with Crippen molar-refractivity contribution >= 4 is 11.9 Å². The van der Waals surface area contributed by atoms with Crippen LogP contribution in [-0.2, 0) is 10.3 Å². The quantitative estimate of drug-likeness (QED) is 0.897. The normalized spacial score (nSPS) is 22.3. The van der Waals surface area contributed by atoms with E-state index in [0.717, 1.165) is 25.0 Å². The third kappa shape index (κ3) is 3.68. The molecule has 1 fully saturated rings. The maximum absolute atomic E-state index is 11.5. The lowest BCUT2D eigenvalue weighted by Crippen LogP contribution is -2.27. The fourth-order valence-corrected chi connectivity index (χ4v) is 2.80. The Morgan fingerprint density at radius 2 is 2.24 bits per heavy atom. The Morgan fingerprint density at radius 3 is 2.81 bits per heavy atom. The summed E-state index contributed by atoms with van der Waals surface area (Å²) < 4.78 is 7.25. The standard InChI is InChI=1S/C15H26N4O2/c1-5-17-14(20)21-11-7-6-10(8-11)12-9-13(16)19(18-12)15(2,3)4/h9-11H,5-8,16H2,1-4H3,(H,17,20)/t10-,11+/m0/s1. The molecule has 0 radical (unpaired) electrons. The van der Waals surface area contributed by atoms with Gasteiger partial charge in [0.15, 0.2) is 0 Å². The van der Waals surface area contributed by atoms with Crippen LogP contribution < -0.4 is 11.1 Å². The molecule has 21 heavy (non-hydrogen) atoms. The van der Waals surface area contributed by atoms with Crippen LogP contribution in [0.25, 0.3) is 0 Å². The van der Waals surface area contributed by atoms with Gasteiger partial charge < -0.3 is 15.8 Å². The van der Waals surface area contributed by atoms with Crippen molar-refractivity contribution in [3.8, 4) is 0 Å². The molecule has 0 bridgehead atoms. The molecule has 2 atom stereocenters. The van der Waals surface area contributed by atoms with Gasteiger partial charge in [-0.2, -0.15) is 5.10 Å². The second-order valence-electron chi connectivity index (χ2n) is 6.64. The van der Waals surface area contributed by atoms with Gasteiger partial charge in [-0.25, -0.2) is 9.48 Å². The van der Waals surface area contributed by atoms with Gasteiger partial charge in [0.2, 0.25) is 0 Å². The molecule has 6 heteroatoms. The molecule has 1 heterocycles. The zero-order valence-corrected chi connectivity index (χ0v) is 13.3. The van der Waals surface area contributed by atoms with Gasteiger partial charge in [-0.3, -0.25) is 0 Å². The lowest BCUT2D eigenvalue weighted by atomic mass is 10.0. The van der Waals surface area contributed by atoms with E-state index in [4.69, 9.17) is 10.5 Å². The summed E-state index contributed by atoms with van der Waals surface area (Å²) in [5.41, 5.74) is 6.93. The van der Waals surface area contributed by atoms with Crippen molar-refractivity contribution in [1.29, 1.82) is 0 Å². The summed E-state index contributed by atoms with van der Waals surface area (Å²) in [6.45, 7) is 8.70. The zero-order valence-electron chi connectivity index (χ0n) is 13.3. The largest absolute Gasteiger partial charge is 0.446 e. The number of nitrogen functional groups attached to an aromatic ring is 1. The number of nitrogens with zero attached hydrogens (tertiary/aromatic N) is 2. The third-order valence-corrected chi connectivity index (χ3v) is 3.79. The molecule has 1 aliphatic rings. The number of hydrogen-bond acceptors (Lipinski definition) is 4. The Kier molecular flexibility index (Phi) is 4.44. The number of anilines is 1. The Bertz CT molecular complexity index is 504. The van der Waals surface area contributed by atoms with Crippen molar-refractivity contribution in [2.75, 3.05) is 12.3 Å². The van der Waals surface area contributed by atoms with Gasteiger partial charge in [-0.1, -0.05) is 0 Å². The molecule has 1 amide bonds. The zero-order chi connectivity index (χ0) is 15.6. The smallest absolute Gasteiger partial charge is 0.407 e. The second kappa shape index (κ2) is 5.95. The molecular weight excluding hydrogens is 268 g/mol. The molecule has 118 valence electrons. The minimum atomic E-state index is -0.331. The number of nitrogens with two attached hydrogens (primary N) is 1. The van der Waals surface area contributed by atoms with Gasteiger partial charge in [-0.15, -0.1) is 0 Å². The van der Waals surface area contributed by atoms with Crippen LogP contribution in [-0.4, -0.2) is 28.5 Å². The summed E-state index contributed by atoms with van der Waals surface area (Å²) in [5.74, 6) is 1.00. The van der Waals surface area contributed by atoms with E-state index in [0.29, 0.717) is 18.3 Å². The first-order valence-corrected chi connectivity index (χ1v) is 7.61. The fraction of sp³-hybridized carbons (Fsp3) is 0.733. The van der Waals surface area contributed by atoms with Gasteiger partial charge in [-0.05, 0) is 47.0 Å². The van der Waals surface area contributed by atoms with E-state index in [-0.39, 0.29) is 17.7 Å². The average molecular weight is 294 g/mol. The average Bonchev–Trinajstić information content (AvgIpc) is 2.95. The van der Waals surface area contributed by atoms with Crippen LogP contribution in [0.4, 0.5) is 10.6 Å². The number of hydrogen-bond donors (Lipinski definition) is 2. The summed E-state index contributed by atoms with van der Waals surface area (Å²) in [6, 6.07) is 1.95. The lowest BCUT2D eigenvalue weighted by Gasteiger charge is -2.20. The van der Waals surface area contributed by atoms with Gasteiger partial charge in [0.05, 0.1) is 11.2 Å². The molecule has 3 N–H and O–H groups in total. The molecule has 0 unspecified atom stereocenters. The highest BCUT2D eigenvalue weighted by Gasteiger charge is 2.31. The van der Waals surface area contributed by atoms with Crippen LogP contribution in [0.1, 0.15) is 58.6 Å². The van der Waals surface area contributed by atoms with Crippen molar-refractivity contribution in [2.45, 2.75) is 64.5 Å². The predicted molar refractivity (Wildman–Crippen MR) is 82.2 cm³/mol. The maximum Gasteiger partial charge on any atom is 0.407 e. The molecule has 0 aromatic carbocycles. The Labute approximate surface area is 126 Å². The molecule has 0 saturated heterocycles. The van der Waals surface area contributed by atoms with E-state index in [2.05, 4.69) is 31.2 Å². The Morgan fingerprint density at radius 1 is 1.52 bits per heavy atom. The predicted octanol–water partition coefficient (Wildman–Crippen LogP) is 2.60. The minimum Gasteiger partial charge on any atom is -0.446 e. The number of ether oxygens (including phenoxy) is 1. The van der Waals surface area contributed by atoms with Crippen molar-refractivity contribution in [1.82, 2.24) is 15.1 Å². The van der Waals surface area contributed by atoms with Crippen LogP contribution in [0.5, 0.6) is 0 Å². The summed E-state index contributed by atoms with van der Waals surface area (Å²) in [5, 5.41) is 7.31. The van der Waals surface area contributed by atoms with Crippen LogP contribution in [0, 0.1) is 0 Å². The monoisotopic (exact) mass is 294 g/mol. The number of rotatable bonds is 3. The number of carbonyl (C=O) groups is 1. The summed E-state index contributed by atoms with van der Waals surface area (Å²) >= 11 is 0. The first-order chi connectivity index (χ1) is 9.81. The highest BCUT2D eigenvalue weighted by molar-refractivity contribution is 5.67. The second-order valence-corrected chi connectivity index (χ2v) is 6.64. The van der Waals surface area contributed by atoms with Crippen molar-refractivity contribution in [2.24, 2.45) is 0 Å². The van der Waals surface area contributed by atoms with E-state index in [1.807, 2.05) is 17.7 Å². The van der Waals surface area contributed by atoms with E-state index in [1.165, 1.54) is 0 Å². The number of carbonyl (C=O) groups excluding carboxylic acids is 1. The van der Waals surface area contributed by atoms with Gasteiger partial charge in [0.1, 0.15) is 11.9 Å². The van der Waals surface area contributed by atoms with E-state index in [9.17, 15) is 4.79 Å². The van der Waals surface area contributed by atoms with Gasteiger partial charge >= 0.3 is 6.09 Å². The van der Waals surface area contributed by atoms with E-state index >= 15 is 0 Å². The van der Waals surface area contributed by atoms with E-state index in [1.54, 1.807) is 0 Å². The van der Waals surface area contributed by atoms with Gasteiger partial charge in [0.25, 0.3) is 0 Å². The molecule has 0 spiro atoms. The minimum absolute atomic E-state index is 0.0254. The number of nitrogens with one attached hydrogen (secondary N) is 1. The molecule has 0 aliphatic heterocycles. The maximum atomic E-state index is 11.5. The topological polar surface area (TPSA) is 82.2 Å². The number of amides is 1. The van der Waals surface area contributed by atoms with Gasteiger partial charge in [0, 0.05) is 18.5 Å². The van der Waals surface area contributed by atoms with E-state index < -0.39 is 0 Å². The molecule has 1 aromatic heterocycles. The van der Waals surface area contributed by atoms with Crippen LogP contribution in [0.15, 0.2) is 6.07 Å². The van der Waals surface area contributed by atoms with Crippen LogP contribution in [0.3, 0.4) is 0 Å².